The molecule has 0 radical (unpaired) electrons. The van der Waals surface area contributed by atoms with Crippen LogP contribution in [0.1, 0.15) is 39.5 Å². The zero-order valence-electron chi connectivity index (χ0n) is 11.3. The molecule has 0 spiro atoms. The summed E-state index contributed by atoms with van der Waals surface area (Å²) in [4.78, 5) is 25.3. The molecule has 2 heterocycles. The molecule has 0 N–H and O–H groups in total. The minimum absolute atomic E-state index is 0.0906. The first kappa shape index (κ1) is 13.2. The van der Waals surface area contributed by atoms with Crippen molar-refractivity contribution in [3.63, 3.8) is 0 Å². The van der Waals surface area contributed by atoms with E-state index in [1.54, 1.807) is 0 Å². The van der Waals surface area contributed by atoms with Gasteiger partial charge >= 0.3 is 12.1 Å². The molecule has 0 saturated carbocycles. The van der Waals surface area contributed by atoms with Gasteiger partial charge in [0.05, 0.1) is 18.6 Å². The molecule has 0 aromatic carbocycles. The lowest BCUT2D eigenvalue weighted by Gasteiger charge is -2.38. The molecule has 2 atom stereocenters. The molecule has 1 amide bonds. The highest BCUT2D eigenvalue weighted by Gasteiger charge is 2.44. The number of hydrogen-bond donors (Lipinski definition) is 0. The van der Waals surface area contributed by atoms with Crippen molar-refractivity contribution in [1.29, 1.82) is 0 Å². The average Bonchev–Trinajstić information content (AvgIpc) is 2.71. The van der Waals surface area contributed by atoms with Gasteiger partial charge in [0, 0.05) is 6.04 Å². The van der Waals surface area contributed by atoms with Crippen molar-refractivity contribution in [2.45, 2.75) is 51.6 Å². The van der Waals surface area contributed by atoms with Gasteiger partial charge in [0.25, 0.3) is 0 Å². The third kappa shape index (κ3) is 2.31. The normalized spacial score (nSPS) is 27.7. The standard InChI is InChI=1S/C13H21NO4/c1-13(2,11(15)17-3)7-9-5-4-6-10-8-18-12(16)14(9)10/h9-10H,4-8H2,1-3H3/t9-,10-/m0/s1. The SMILES string of the molecule is COC(=O)C(C)(C)C[C@@H]1CCC[C@H]2COC(=O)N21. The predicted octanol–water partition coefficient (Wildman–Crippen LogP) is 1.95. The van der Waals surface area contributed by atoms with E-state index in [2.05, 4.69) is 0 Å². The van der Waals surface area contributed by atoms with Crippen LogP contribution in [0.3, 0.4) is 0 Å². The summed E-state index contributed by atoms with van der Waals surface area (Å²) in [6, 6.07) is 0.289. The van der Waals surface area contributed by atoms with Crippen molar-refractivity contribution in [3.05, 3.63) is 0 Å². The summed E-state index contributed by atoms with van der Waals surface area (Å²) in [6.07, 6.45) is 3.42. The van der Waals surface area contributed by atoms with Gasteiger partial charge < -0.3 is 9.47 Å². The molecular weight excluding hydrogens is 234 g/mol. The molecular formula is C13H21NO4. The van der Waals surface area contributed by atoms with Crippen molar-refractivity contribution in [2.75, 3.05) is 13.7 Å². The Hall–Kier alpha value is -1.26. The third-order valence-electron chi connectivity index (χ3n) is 3.96. The predicted molar refractivity (Wildman–Crippen MR) is 65.0 cm³/mol. The van der Waals surface area contributed by atoms with E-state index in [9.17, 15) is 9.59 Å². The molecule has 2 fully saturated rings. The molecule has 5 nitrogen and oxygen atoms in total. The van der Waals surface area contributed by atoms with E-state index in [-0.39, 0.29) is 24.1 Å². The molecule has 0 aliphatic carbocycles. The van der Waals surface area contributed by atoms with Crippen LogP contribution >= 0.6 is 0 Å². The van der Waals surface area contributed by atoms with Crippen LogP contribution in [0.2, 0.25) is 0 Å². The molecule has 2 aliphatic heterocycles. The number of nitrogens with zero attached hydrogens (tertiary/aromatic N) is 1. The van der Waals surface area contributed by atoms with E-state index >= 15 is 0 Å². The lowest BCUT2D eigenvalue weighted by atomic mass is 9.81. The summed E-state index contributed by atoms with van der Waals surface area (Å²) >= 11 is 0. The molecule has 2 saturated heterocycles. The summed E-state index contributed by atoms with van der Waals surface area (Å²) in [5.74, 6) is -0.225. The minimum atomic E-state index is -0.565. The zero-order chi connectivity index (χ0) is 13.3. The van der Waals surface area contributed by atoms with E-state index < -0.39 is 5.41 Å². The maximum atomic E-state index is 11.7. The number of esters is 1. The molecule has 2 aliphatic rings. The minimum Gasteiger partial charge on any atom is -0.469 e. The first-order valence-electron chi connectivity index (χ1n) is 6.49. The van der Waals surface area contributed by atoms with Crippen molar-refractivity contribution >= 4 is 12.1 Å². The summed E-state index contributed by atoms with van der Waals surface area (Å²) < 4.78 is 9.92. The third-order valence-corrected chi connectivity index (χ3v) is 3.96. The summed E-state index contributed by atoms with van der Waals surface area (Å²) in [7, 11) is 1.40. The van der Waals surface area contributed by atoms with Gasteiger partial charge in [-0.1, -0.05) is 0 Å². The smallest absolute Gasteiger partial charge is 0.410 e. The second kappa shape index (κ2) is 4.78. The van der Waals surface area contributed by atoms with E-state index in [0.717, 1.165) is 19.3 Å². The Balaban J connectivity index is 2.08. The number of cyclic esters (lactones) is 1. The van der Waals surface area contributed by atoms with Crippen LogP contribution in [0.5, 0.6) is 0 Å². The monoisotopic (exact) mass is 255 g/mol. The number of methoxy groups -OCH3 is 1. The lowest BCUT2D eigenvalue weighted by molar-refractivity contribution is -0.152. The van der Waals surface area contributed by atoms with Gasteiger partial charge in [-0.3, -0.25) is 9.69 Å². The van der Waals surface area contributed by atoms with Gasteiger partial charge in [-0.2, -0.15) is 0 Å². The van der Waals surface area contributed by atoms with Crippen LogP contribution in [0.25, 0.3) is 0 Å². The lowest BCUT2D eigenvalue weighted by Crippen LogP contribution is -2.48. The van der Waals surface area contributed by atoms with Crippen LogP contribution < -0.4 is 0 Å². The topological polar surface area (TPSA) is 55.8 Å². The van der Waals surface area contributed by atoms with E-state index in [0.29, 0.717) is 13.0 Å². The molecule has 5 heteroatoms. The number of carbonyl (C=O) groups excluding carboxylic acids is 2. The Labute approximate surface area is 107 Å². The van der Waals surface area contributed by atoms with Crippen LogP contribution in [0.4, 0.5) is 4.79 Å². The molecule has 0 aromatic rings. The number of rotatable bonds is 3. The maximum Gasteiger partial charge on any atom is 0.410 e. The summed E-state index contributed by atoms with van der Waals surface area (Å²) in [5, 5.41) is 0. The van der Waals surface area contributed by atoms with Crippen LogP contribution in [0, 0.1) is 5.41 Å². The first-order valence-corrected chi connectivity index (χ1v) is 6.49. The van der Waals surface area contributed by atoms with Crippen molar-refractivity contribution in [3.8, 4) is 0 Å². The number of carbonyl (C=O) groups is 2. The second-order valence-electron chi connectivity index (χ2n) is 5.80. The quantitative estimate of drug-likeness (QED) is 0.723. The molecule has 102 valence electrons. The number of ether oxygens (including phenoxy) is 2. The van der Waals surface area contributed by atoms with Crippen LogP contribution in [-0.2, 0) is 14.3 Å². The highest BCUT2D eigenvalue weighted by molar-refractivity contribution is 5.76. The Morgan fingerprint density at radius 3 is 2.89 bits per heavy atom. The fourth-order valence-corrected chi connectivity index (χ4v) is 3.02. The summed E-state index contributed by atoms with van der Waals surface area (Å²) in [6.45, 7) is 4.22. The molecule has 2 rings (SSSR count). The number of fused-ring (bicyclic) bond motifs is 1. The van der Waals surface area contributed by atoms with E-state index in [4.69, 9.17) is 9.47 Å². The van der Waals surface area contributed by atoms with Crippen LogP contribution in [-0.4, -0.2) is 42.8 Å². The van der Waals surface area contributed by atoms with Crippen molar-refractivity contribution < 1.29 is 19.1 Å². The Kier molecular flexibility index (Phi) is 3.50. The van der Waals surface area contributed by atoms with Gasteiger partial charge in [-0.15, -0.1) is 0 Å². The molecule has 0 unspecified atom stereocenters. The van der Waals surface area contributed by atoms with E-state index in [1.807, 2.05) is 18.7 Å². The second-order valence-corrected chi connectivity index (χ2v) is 5.80. The number of piperidine rings is 1. The maximum absolute atomic E-state index is 11.7. The van der Waals surface area contributed by atoms with Gasteiger partial charge in [0.15, 0.2) is 0 Å². The van der Waals surface area contributed by atoms with Crippen LogP contribution in [0.15, 0.2) is 0 Å². The van der Waals surface area contributed by atoms with Gasteiger partial charge in [0.1, 0.15) is 6.61 Å². The first-order chi connectivity index (χ1) is 8.45. The highest BCUT2D eigenvalue weighted by atomic mass is 16.6. The number of amides is 1. The highest BCUT2D eigenvalue weighted by Crippen LogP contribution is 2.35. The average molecular weight is 255 g/mol. The van der Waals surface area contributed by atoms with Gasteiger partial charge in [0.2, 0.25) is 0 Å². The fraction of sp³-hybridized carbons (Fsp3) is 0.846. The van der Waals surface area contributed by atoms with E-state index in [1.165, 1.54) is 7.11 Å². The van der Waals surface area contributed by atoms with Gasteiger partial charge in [-0.05, 0) is 39.5 Å². The van der Waals surface area contributed by atoms with Gasteiger partial charge in [-0.25, -0.2) is 4.79 Å². The Bertz CT molecular complexity index is 353. The fourth-order valence-electron chi connectivity index (χ4n) is 3.02. The molecule has 18 heavy (non-hydrogen) atoms. The molecule has 0 aromatic heterocycles. The zero-order valence-corrected chi connectivity index (χ0v) is 11.3. The van der Waals surface area contributed by atoms with Crippen molar-refractivity contribution in [2.24, 2.45) is 5.41 Å². The van der Waals surface area contributed by atoms with Crippen molar-refractivity contribution in [1.82, 2.24) is 4.90 Å². The Morgan fingerprint density at radius 2 is 2.22 bits per heavy atom. The molecule has 0 bridgehead atoms. The summed E-state index contributed by atoms with van der Waals surface area (Å²) in [5.41, 5.74) is -0.565. The largest absolute Gasteiger partial charge is 0.469 e. The Morgan fingerprint density at radius 1 is 1.50 bits per heavy atom. The number of hydrogen-bond acceptors (Lipinski definition) is 4.